The van der Waals surface area contributed by atoms with E-state index in [-0.39, 0.29) is 29.7 Å². The lowest BCUT2D eigenvalue weighted by atomic mass is 9.92. The van der Waals surface area contributed by atoms with E-state index < -0.39 is 0 Å². The maximum atomic E-state index is 12.8. The first-order valence-corrected chi connectivity index (χ1v) is 8.55. The van der Waals surface area contributed by atoms with Crippen molar-refractivity contribution in [3.05, 3.63) is 34.9 Å². The summed E-state index contributed by atoms with van der Waals surface area (Å²) in [4.78, 5) is 26.2. The van der Waals surface area contributed by atoms with Gasteiger partial charge in [-0.05, 0) is 62.6 Å². The molecule has 1 aromatic carbocycles. The number of amides is 2. The number of rotatable bonds is 3. The zero-order chi connectivity index (χ0) is 16.7. The normalized spacial score (nSPS) is 30.1. The molecule has 1 aromatic rings. The highest BCUT2D eigenvalue weighted by Crippen LogP contribution is 2.49. The van der Waals surface area contributed by atoms with E-state index in [2.05, 4.69) is 39.0 Å². The quantitative estimate of drug-likeness (QED) is 0.932. The smallest absolute Gasteiger partial charge is 0.226 e. The molecule has 1 saturated heterocycles. The van der Waals surface area contributed by atoms with Crippen LogP contribution in [0.25, 0.3) is 0 Å². The van der Waals surface area contributed by atoms with Crippen LogP contribution in [0.4, 0.5) is 0 Å². The summed E-state index contributed by atoms with van der Waals surface area (Å²) in [6, 6.07) is 6.70. The lowest BCUT2D eigenvalue weighted by molar-refractivity contribution is -0.138. The first kappa shape index (κ1) is 16.0. The van der Waals surface area contributed by atoms with Crippen molar-refractivity contribution in [3.63, 3.8) is 0 Å². The topological polar surface area (TPSA) is 63.4 Å². The summed E-state index contributed by atoms with van der Waals surface area (Å²) in [6.07, 6.45) is 2.58. The number of nitrogens with zero attached hydrogens (tertiary/aromatic N) is 1. The summed E-state index contributed by atoms with van der Waals surface area (Å²) in [7, 11) is 0. The van der Waals surface area contributed by atoms with Gasteiger partial charge in [0.05, 0.1) is 5.92 Å². The second-order valence-corrected chi connectivity index (χ2v) is 7.31. The van der Waals surface area contributed by atoms with E-state index in [1.165, 1.54) is 16.7 Å². The fourth-order valence-corrected chi connectivity index (χ4v) is 3.69. The molecular weight excluding hydrogens is 288 g/mol. The van der Waals surface area contributed by atoms with Gasteiger partial charge in [0.1, 0.15) is 0 Å². The second kappa shape index (κ2) is 5.99. The maximum absolute atomic E-state index is 12.8. The van der Waals surface area contributed by atoms with Crippen molar-refractivity contribution in [2.75, 3.05) is 6.54 Å². The van der Waals surface area contributed by atoms with Crippen molar-refractivity contribution in [1.29, 1.82) is 0 Å². The van der Waals surface area contributed by atoms with E-state index in [9.17, 15) is 9.59 Å². The van der Waals surface area contributed by atoms with Gasteiger partial charge < -0.3 is 10.6 Å². The third-order valence-corrected chi connectivity index (χ3v) is 5.63. The van der Waals surface area contributed by atoms with Crippen LogP contribution in [0.1, 0.15) is 48.8 Å². The molecule has 1 saturated carbocycles. The van der Waals surface area contributed by atoms with Crippen LogP contribution in [-0.4, -0.2) is 29.3 Å². The summed E-state index contributed by atoms with van der Waals surface area (Å²) >= 11 is 0. The molecule has 2 amide bonds. The van der Waals surface area contributed by atoms with Gasteiger partial charge in [-0.25, -0.2) is 0 Å². The molecule has 4 atom stereocenters. The monoisotopic (exact) mass is 314 g/mol. The Kier molecular flexibility index (Phi) is 4.17. The summed E-state index contributed by atoms with van der Waals surface area (Å²) in [5.41, 5.74) is 9.27. The molecule has 23 heavy (non-hydrogen) atoms. The molecule has 2 fully saturated rings. The number of hydrogen-bond donors (Lipinski definition) is 1. The van der Waals surface area contributed by atoms with Crippen LogP contribution in [0.5, 0.6) is 0 Å². The largest absolute Gasteiger partial charge is 0.369 e. The number of hydrogen-bond acceptors (Lipinski definition) is 2. The molecule has 0 bridgehead atoms. The third kappa shape index (κ3) is 3.12. The van der Waals surface area contributed by atoms with Gasteiger partial charge in [-0.2, -0.15) is 0 Å². The van der Waals surface area contributed by atoms with E-state index in [1.54, 1.807) is 0 Å². The Morgan fingerprint density at radius 3 is 2.57 bits per heavy atom. The molecule has 4 unspecified atom stereocenters. The first-order chi connectivity index (χ1) is 10.9. The Bertz CT molecular complexity index is 640. The van der Waals surface area contributed by atoms with E-state index in [1.807, 2.05) is 4.90 Å². The van der Waals surface area contributed by atoms with Crippen LogP contribution in [0.15, 0.2) is 18.2 Å². The van der Waals surface area contributed by atoms with Crippen LogP contribution in [0.2, 0.25) is 0 Å². The molecule has 2 N–H and O–H groups in total. The van der Waals surface area contributed by atoms with Gasteiger partial charge in [-0.3, -0.25) is 9.59 Å². The molecule has 4 nitrogen and oxygen atoms in total. The highest BCUT2D eigenvalue weighted by molar-refractivity contribution is 5.84. The predicted octanol–water partition coefficient (Wildman–Crippen LogP) is 2.52. The molecule has 0 radical (unpaired) electrons. The number of likely N-dealkylation sites (tertiary alicyclic amines) is 1. The van der Waals surface area contributed by atoms with Gasteiger partial charge in [0.15, 0.2) is 0 Å². The van der Waals surface area contributed by atoms with Gasteiger partial charge in [0.2, 0.25) is 11.8 Å². The molecule has 1 aliphatic heterocycles. The minimum Gasteiger partial charge on any atom is -0.369 e. The number of aryl methyl sites for hydroxylation is 2. The number of benzene rings is 1. The number of carbonyl (C=O) groups excluding carboxylic acids is 2. The molecule has 1 heterocycles. The lowest BCUT2D eigenvalue weighted by Gasteiger charge is -2.37. The Balaban J connectivity index is 1.69. The summed E-state index contributed by atoms with van der Waals surface area (Å²) in [6.45, 7) is 6.78. The average molecular weight is 314 g/mol. The van der Waals surface area contributed by atoms with E-state index in [0.717, 1.165) is 19.3 Å². The Morgan fingerprint density at radius 1 is 1.17 bits per heavy atom. The summed E-state index contributed by atoms with van der Waals surface area (Å²) < 4.78 is 0. The SMILES string of the molecule is Cc1ccc(C2CC2C(=O)N2CC(C(N)=O)CCC2C)cc1C. The number of nitrogens with two attached hydrogens (primary N) is 1. The van der Waals surface area contributed by atoms with Crippen LogP contribution in [0.3, 0.4) is 0 Å². The van der Waals surface area contributed by atoms with E-state index in [0.29, 0.717) is 12.5 Å². The van der Waals surface area contributed by atoms with Gasteiger partial charge in [-0.1, -0.05) is 18.2 Å². The van der Waals surface area contributed by atoms with Crippen molar-refractivity contribution in [2.24, 2.45) is 17.6 Å². The van der Waals surface area contributed by atoms with Crippen LogP contribution >= 0.6 is 0 Å². The standard InChI is InChI=1S/C19H26N2O2/c1-11-4-6-14(8-12(11)2)16-9-17(16)19(23)21-10-15(18(20)22)7-5-13(21)3/h4,6,8,13,15-17H,5,7,9-10H2,1-3H3,(H2,20,22). The Hall–Kier alpha value is -1.84. The third-order valence-electron chi connectivity index (χ3n) is 5.63. The highest BCUT2D eigenvalue weighted by atomic mass is 16.2. The number of primary amides is 1. The summed E-state index contributed by atoms with van der Waals surface area (Å²) in [5.74, 6) is 0.144. The fourth-order valence-electron chi connectivity index (χ4n) is 3.69. The fraction of sp³-hybridized carbons (Fsp3) is 0.579. The molecule has 1 aliphatic carbocycles. The van der Waals surface area contributed by atoms with Crippen molar-refractivity contribution in [2.45, 2.75) is 52.0 Å². The van der Waals surface area contributed by atoms with Gasteiger partial charge in [0, 0.05) is 18.5 Å². The number of piperidine rings is 1. The van der Waals surface area contributed by atoms with E-state index in [4.69, 9.17) is 5.73 Å². The molecule has 0 spiro atoms. The van der Waals surface area contributed by atoms with Crippen molar-refractivity contribution in [3.8, 4) is 0 Å². The lowest BCUT2D eigenvalue weighted by Crippen LogP contribution is -2.49. The molecule has 3 rings (SSSR count). The maximum Gasteiger partial charge on any atom is 0.226 e. The van der Waals surface area contributed by atoms with Gasteiger partial charge in [0.25, 0.3) is 0 Å². The van der Waals surface area contributed by atoms with Crippen LogP contribution < -0.4 is 5.73 Å². The summed E-state index contributed by atoms with van der Waals surface area (Å²) in [5, 5.41) is 0. The van der Waals surface area contributed by atoms with E-state index >= 15 is 0 Å². The van der Waals surface area contributed by atoms with Crippen molar-refractivity contribution >= 4 is 11.8 Å². The predicted molar refractivity (Wildman–Crippen MR) is 89.9 cm³/mol. The molecule has 0 aromatic heterocycles. The highest BCUT2D eigenvalue weighted by Gasteiger charge is 2.47. The van der Waals surface area contributed by atoms with Crippen LogP contribution in [-0.2, 0) is 9.59 Å². The van der Waals surface area contributed by atoms with Gasteiger partial charge >= 0.3 is 0 Å². The molecule has 124 valence electrons. The minimum absolute atomic E-state index is 0.0752. The second-order valence-electron chi connectivity index (χ2n) is 7.31. The van der Waals surface area contributed by atoms with Crippen LogP contribution in [0, 0.1) is 25.7 Å². The minimum atomic E-state index is -0.281. The van der Waals surface area contributed by atoms with Crippen molar-refractivity contribution < 1.29 is 9.59 Å². The Morgan fingerprint density at radius 2 is 1.91 bits per heavy atom. The molecule has 4 heteroatoms. The average Bonchev–Trinajstić information content (AvgIpc) is 3.30. The molecule has 2 aliphatic rings. The van der Waals surface area contributed by atoms with Crippen molar-refractivity contribution in [1.82, 2.24) is 4.90 Å². The number of carbonyl (C=O) groups is 2. The van der Waals surface area contributed by atoms with Gasteiger partial charge in [-0.15, -0.1) is 0 Å². The zero-order valence-corrected chi connectivity index (χ0v) is 14.2. The first-order valence-electron chi connectivity index (χ1n) is 8.55. The molecular formula is C19H26N2O2. The zero-order valence-electron chi connectivity index (χ0n) is 14.2. The Labute approximate surface area is 138 Å².